The Kier molecular flexibility index (Phi) is 4.98. The van der Waals surface area contributed by atoms with Gasteiger partial charge in [0.1, 0.15) is 11.8 Å². The van der Waals surface area contributed by atoms with Crippen molar-refractivity contribution in [2.45, 2.75) is 46.4 Å². The fourth-order valence-electron chi connectivity index (χ4n) is 3.36. The zero-order valence-electron chi connectivity index (χ0n) is 15.6. The van der Waals surface area contributed by atoms with E-state index in [0.717, 1.165) is 28.1 Å². The molecule has 0 unspecified atom stereocenters. The SMILES string of the molecule is CC(=O)N[C@@H]1C(=O)N(Cc2ccccc2OC(C)C)c2c(C)cccc21. The highest BCUT2D eigenvalue weighted by Gasteiger charge is 2.38. The molecule has 0 spiro atoms. The molecule has 0 bridgehead atoms. The molecule has 1 heterocycles. The number of para-hydroxylation sites is 2. The third-order valence-electron chi connectivity index (χ3n) is 4.37. The molecule has 0 aromatic heterocycles. The summed E-state index contributed by atoms with van der Waals surface area (Å²) in [5.74, 6) is 0.429. The van der Waals surface area contributed by atoms with Crippen LogP contribution < -0.4 is 15.0 Å². The van der Waals surface area contributed by atoms with Gasteiger partial charge in [0.2, 0.25) is 5.91 Å². The van der Waals surface area contributed by atoms with E-state index < -0.39 is 6.04 Å². The van der Waals surface area contributed by atoms with Gasteiger partial charge in [-0.15, -0.1) is 0 Å². The third-order valence-corrected chi connectivity index (χ3v) is 4.37. The van der Waals surface area contributed by atoms with Gasteiger partial charge < -0.3 is 15.0 Å². The van der Waals surface area contributed by atoms with Gasteiger partial charge in [0.25, 0.3) is 5.91 Å². The van der Waals surface area contributed by atoms with Crippen LogP contribution >= 0.6 is 0 Å². The molecule has 0 saturated heterocycles. The van der Waals surface area contributed by atoms with Crippen molar-refractivity contribution in [3.63, 3.8) is 0 Å². The summed E-state index contributed by atoms with van der Waals surface area (Å²) in [6.45, 7) is 7.76. The van der Waals surface area contributed by atoms with E-state index in [0.29, 0.717) is 6.54 Å². The highest BCUT2D eigenvalue weighted by molar-refractivity contribution is 6.06. The third kappa shape index (κ3) is 3.43. The fourth-order valence-corrected chi connectivity index (χ4v) is 3.36. The summed E-state index contributed by atoms with van der Waals surface area (Å²) >= 11 is 0. The molecule has 2 amide bonds. The standard InChI is InChI=1S/C21H24N2O3/c1-13(2)26-18-11-6-5-9-16(18)12-23-20-14(3)8-7-10-17(20)19(21(23)25)22-15(4)24/h5-11,13,19H,12H2,1-4H3,(H,22,24)/t19-/m0/s1. The number of ether oxygens (including phenoxy) is 1. The van der Waals surface area contributed by atoms with Crippen LogP contribution in [0, 0.1) is 6.92 Å². The van der Waals surface area contributed by atoms with E-state index in [-0.39, 0.29) is 17.9 Å². The first-order chi connectivity index (χ1) is 12.4. The normalized spacial score (nSPS) is 16.0. The summed E-state index contributed by atoms with van der Waals surface area (Å²) in [5.41, 5.74) is 3.65. The Morgan fingerprint density at radius 1 is 1.19 bits per heavy atom. The maximum absolute atomic E-state index is 13.1. The average Bonchev–Trinajstić information content (AvgIpc) is 2.82. The minimum absolute atomic E-state index is 0.0478. The molecule has 136 valence electrons. The zero-order chi connectivity index (χ0) is 18.8. The Labute approximate surface area is 154 Å². The number of benzene rings is 2. The van der Waals surface area contributed by atoms with Crippen LogP contribution in [0.2, 0.25) is 0 Å². The molecule has 3 rings (SSSR count). The van der Waals surface area contributed by atoms with Crippen molar-refractivity contribution >= 4 is 17.5 Å². The number of nitrogens with zero attached hydrogens (tertiary/aromatic N) is 1. The molecular weight excluding hydrogens is 328 g/mol. The Morgan fingerprint density at radius 2 is 1.92 bits per heavy atom. The first kappa shape index (κ1) is 18.0. The van der Waals surface area contributed by atoms with E-state index in [9.17, 15) is 9.59 Å². The lowest BCUT2D eigenvalue weighted by Crippen LogP contribution is -2.36. The smallest absolute Gasteiger partial charge is 0.254 e. The molecule has 5 nitrogen and oxygen atoms in total. The van der Waals surface area contributed by atoms with Crippen molar-refractivity contribution in [2.75, 3.05) is 4.90 Å². The predicted octanol–water partition coefficient (Wildman–Crippen LogP) is 3.51. The van der Waals surface area contributed by atoms with Crippen molar-refractivity contribution < 1.29 is 14.3 Å². The molecule has 1 aliphatic rings. The second kappa shape index (κ2) is 7.20. The second-order valence-corrected chi connectivity index (χ2v) is 6.84. The van der Waals surface area contributed by atoms with Crippen LogP contribution in [0.1, 0.15) is 43.5 Å². The highest BCUT2D eigenvalue weighted by Crippen LogP contribution is 2.40. The van der Waals surface area contributed by atoms with Crippen LogP contribution in [0.25, 0.3) is 0 Å². The number of aryl methyl sites for hydroxylation is 1. The number of hydrogen-bond acceptors (Lipinski definition) is 3. The lowest BCUT2D eigenvalue weighted by molar-refractivity contribution is -0.126. The van der Waals surface area contributed by atoms with Gasteiger partial charge in [0.15, 0.2) is 0 Å². The van der Waals surface area contributed by atoms with Crippen molar-refractivity contribution in [2.24, 2.45) is 0 Å². The molecule has 1 atom stereocenters. The van der Waals surface area contributed by atoms with Gasteiger partial charge in [-0.2, -0.15) is 0 Å². The number of fused-ring (bicyclic) bond motifs is 1. The highest BCUT2D eigenvalue weighted by atomic mass is 16.5. The van der Waals surface area contributed by atoms with E-state index in [2.05, 4.69) is 5.32 Å². The summed E-state index contributed by atoms with van der Waals surface area (Å²) in [4.78, 5) is 26.4. The number of amides is 2. The topological polar surface area (TPSA) is 58.6 Å². The van der Waals surface area contributed by atoms with E-state index in [1.54, 1.807) is 4.90 Å². The van der Waals surface area contributed by atoms with Gasteiger partial charge in [-0.05, 0) is 32.4 Å². The summed E-state index contributed by atoms with van der Waals surface area (Å²) < 4.78 is 5.89. The molecule has 0 aliphatic carbocycles. The summed E-state index contributed by atoms with van der Waals surface area (Å²) in [7, 11) is 0. The molecule has 5 heteroatoms. The van der Waals surface area contributed by atoms with Crippen molar-refractivity contribution in [1.29, 1.82) is 0 Å². The van der Waals surface area contributed by atoms with E-state index in [1.807, 2.05) is 63.2 Å². The zero-order valence-corrected chi connectivity index (χ0v) is 15.6. The first-order valence-corrected chi connectivity index (χ1v) is 8.81. The van der Waals surface area contributed by atoms with Crippen molar-refractivity contribution in [3.05, 3.63) is 59.2 Å². The second-order valence-electron chi connectivity index (χ2n) is 6.84. The number of nitrogens with one attached hydrogen (secondary N) is 1. The lowest BCUT2D eigenvalue weighted by Gasteiger charge is -2.22. The minimum atomic E-state index is -0.638. The van der Waals surface area contributed by atoms with Crippen LogP contribution in [0.5, 0.6) is 5.75 Å². The molecular formula is C21H24N2O3. The Balaban J connectivity index is 1.99. The maximum Gasteiger partial charge on any atom is 0.254 e. The Morgan fingerprint density at radius 3 is 2.62 bits per heavy atom. The van der Waals surface area contributed by atoms with Crippen LogP contribution in [-0.4, -0.2) is 17.9 Å². The largest absolute Gasteiger partial charge is 0.491 e. The maximum atomic E-state index is 13.1. The predicted molar refractivity (Wildman–Crippen MR) is 101 cm³/mol. The summed E-state index contributed by atoms with van der Waals surface area (Å²) in [6, 6.07) is 12.9. The van der Waals surface area contributed by atoms with Crippen LogP contribution in [0.15, 0.2) is 42.5 Å². The molecule has 2 aromatic carbocycles. The van der Waals surface area contributed by atoms with E-state index >= 15 is 0 Å². The van der Waals surface area contributed by atoms with Gasteiger partial charge in [0, 0.05) is 18.1 Å². The van der Waals surface area contributed by atoms with Gasteiger partial charge in [-0.25, -0.2) is 0 Å². The fraction of sp³-hybridized carbons (Fsp3) is 0.333. The average molecular weight is 352 g/mol. The molecule has 0 radical (unpaired) electrons. The molecule has 1 aliphatic heterocycles. The lowest BCUT2D eigenvalue weighted by atomic mass is 10.0. The van der Waals surface area contributed by atoms with Crippen LogP contribution in [0.4, 0.5) is 5.69 Å². The number of carbonyl (C=O) groups excluding carboxylic acids is 2. The number of carbonyl (C=O) groups is 2. The van der Waals surface area contributed by atoms with Gasteiger partial charge >= 0.3 is 0 Å². The number of rotatable bonds is 5. The molecule has 26 heavy (non-hydrogen) atoms. The van der Waals surface area contributed by atoms with Crippen LogP contribution in [0.3, 0.4) is 0 Å². The summed E-state index contributed by atoms with van der Waals surface area (Å²) in [5, 5.41) is 2.78. The van der Waals surface area contributed by atoms with Crippen molar-refractivity contribution in [1.82, 2.24) is 5.32 Å². The Bertz CT molecular complexity index is 845. The number of hydrogen-bond donors (Lipinski definition) is 1. The minimum Gasteiger partial charge on any atom is -0.491 e. The van der Waals surface area contributed by atoms with Crippen molar-refractivity contribution in [3.8, 4) is 5.75 Å². The number of anilines is 1. The van der Waals surface area contributed by atoms with Gasteiger partial charge in [0.05, 0.1) is 18.3 Å². The molecule has 0 saturated carbocycles. The first-order valence-electron chi connectivity index (χ1n) is 8.81. The molecule has 0 fully saturated rings. The summed E-state index contributed by atoms with van der Waals surface area (Å²) in [6.07, 6.45) is 0.0478. The molecule has 1 N–H and O–H groups in total. The van der Waals surface area contributed by atoms with Gasteiger partial charge in [-0.3, -0.25) is 9.59 Å². The van der Waals surface area contributed by atoms with Gasteiger partial charge in [-0.1, -0.05) is 36.4 Å². The van der Waals surface area contributed by atoms with E-state index in [1.165, 1.54) is 6.92 Å². The molecule has 2 aromatic rings. The Hall–Kier alpha value is -2.82. The monoisotopic (exact) mass is 352 g/mol. The van der Waals surface area contributed by atoms with Crippen LogP contribution in [-0.2, 0) is 16.1 Å². The van der Waals surface area contributed by atoms with E-state index in [4.69, 9.17) is 4.74 Å². The quantitative estimate of drug-likeness (QED) is 0.896.